The highest BCUT2D eigenvalue weighted by Gasteiger charge is 2.28. The molecule has 0 N–H and O–H groups in total. The summed E-state index contributed by atoms with van der Waals surface area (Å²) in [6.07, 6.45) is 0. The van der Waals surface area contributed by atoms with Crippen molar-refractivity contribution in [3.8, 4) is 0 Å². The Balaban J connectivity index is 2.56. The normalized spacial score (nSPS) is 11.2. The Morgan fingerprint density at radius 1 is 1.14 bits per heavy atom. The summed E-state index contributed by atoms with van der Waals surface area (Å²) in [4.78, 5) is 11.1. The molecular weight excluding hydrogens is 397 g/mol. The minimum absolute atomic E-state index is 0.0723. The predicted octanol–water partition coefficient (Wildman–Crippen LogP) is 3.55. The van der Waals surface area contributed by atoms with Gasteiger partial charge in [-0.15, -0.1) is 0 Å². The molecule has 0 aliphatic heterocycles. The van der Waals surface area contributed by atoms with Crippen LogP contribution in [0.1, 0.15) is 0 Å². The molecule has 0 spiro atoms. The Morgan fingerprint density at radius 3 is 2.27 bits per heavy atom. The van der Waals surface area contributed by atoms with Crippen LogP contribution in [0.5, 0.6) is 0 Å². The lowest BCUT2D eigenvalue weighted by Gasteiger charge is -2.23. The first kappa shape index (κ1) is 16.9. The molecule has 0 atom stereocenters. The van der Waals surface area contributed by atoms with Gasteiger partial charge in [-0.05, 0) is 48.0 Å². The molecule has 8 heteroatoms. The highest BCUT2D eigenvalue weighted by atomic mass is 79.9. The number of hydrogen-bond acceptors (Lipinski definition) is 3. The number of nitrogens with zero attached hydrogens (tertiary/aromatic N) is 1. The summed E-state index contributed by atoms with van der Waals surface area (Å²) in [7, 11) is -4.12. The number of carbonyl (C=O) groups excluding carboxylic acids is 1. The van der Waals surface area contributed by atoms with Gasteiger partial charge in [0.05, 0.1) is 10.6 Å². The molecule has 0 aliphatic rings. The zero-order valence-electron chi connectivity index (χ0n) is 11.0. The van der Waals surface area contributed by atoms with Crippen molar-refractivity contribution < 1.29 is 17.6 Å². The van der Waals surface area contributed by atoms with Crippen LogP contribution in [0.25, 0.3) is 0 Å². The van der Waals surface area contributed by atoms with Gasteiger partial charge in [0.1, 0.15) is 12.4 Å². The zero-order chi connectivity index (χ0) is 16.3. The molecule has 0 heterocycles. The molecule has 2 aromatic rings. The fourth-order valence-electron chi connectivity index (χ4n) is 1.80. The quantitative estimate of drug-likeness (QED) is 0.714. The average Bonchev–Trinajstić information content (AvgIpc) is 2.46. The summed E-state index contributed by atoms with van der Waals surface area (Å²) in [5, 5.41) is -0.913. The van der Waals surface area contributed by atoms with Crippen LogP contribution in [0, 0.1) is 5.82 Å². The second-order valence-electron chi connectivity index (χ2n) is 4.27. The lowest BCUT2D eigenvalue weighted by molar-refractivity contribution is -0.110. The van der Waals surface area contributed by atoms with E-state index in [0.29, 0.717) is 8.78 Å². The van der Waals surface area contributed by atoms with E-state index in [-0.39, 0.29) is 10.6 Å². The molecule has 0 saturated heterocycles. The van der Waals surface area contributed by atoms with Crippen molar-refractivity contribution in [2.75, 3.05) is 10.8 Å². The molecule has 22 heavy (non-hydrogen) atoms. The average molecular weight is 407 g/mol. The number of carbonyl (C=O) groups is 1. The molecule has 0 saturated carbocycles. The molecular formula is C14H10BrClFNO3S. The lowest BCUT2D eigenvalue weighted by Crippen LogP contribution is -2.35. The minimum Gasteiger partial charge on any atom is -0.279 e. The van der Waals surface area contributed by atoms with E-state index in [1.807, 2.05) is 0 Å². The van der Waals surface area contributed by atoms with Gasteiger partial charge in [-0.25, -0.2) is 12.8 Å². The SMILES string of the molecule is O=C(Cl)CN(c1ccccc1F)S(=O)(=O)c1ccc(Br)cc1. The number of para-hydroxylation sites is 1. The van der Waals surface area contributed by atoms with Gasteiger partial charge in [-0.2, -0.15) is 0 Å². The third-order valence-corrected chi connectivity index (χ3v) is 5.21. The number of benzene rings is 2. The first-order valence-electron chi connectivity index (χ1n) is 6.03. The predicted molar refractivity (Wildman–Crippen MR) is 85.9 cm³/mol. The summed E-state index contributed by atoms with van der Waals surface area (Å²) in [6, 6.07) is 11.1. The van der Waals surface area contributed by atoms with Crippen LogP contribution < -0.4 is 4.31 Å². The number of rotatable bonds is 5. The van der Waals surface area contributed by atoms with Crippen molar-refractivity contribution in [2.45, 2.75) is 4.90 Å². The van der Waals surface area contributed by atoms with E-state index < -0.39 is 27.6 Å². The monoisotopic (exact) mass is 405 g/mol. The van der Waals surface area contributed by atoms with Crippen LogP contribution in [0.4, 0.5) is 10.1 Å². The van der Waals surface area contributed by atoms with Gasteiger partial charge in [0, 0.05) is 4.47 Å². The van der Waals surface area contributed by atoms with Crippen molar-refractivity contribution >= 4 is 48.5 Å². The first-order chi connectivity index (χ1) is 10.3. The molecule has 2 aromatic carbocycles. The van der Waals surface area contributed by atoms with E-state index in [9.17, 15) is 17.6 Å². The molecule has 0 aromatic heterocycles. The highest BCUT2D eigenvalue weighted by molar-refractivity contribution is 9.10. The molecule has 4 nitrogen and oxygen atoms in total. The van der Waals surface area contributed by atoms with Gasteiger partial charge in [0.15, 0.2) is 0 Å². The molecule has 2 rings (SSSR count). The van der Waals surface area contributed by atoms with Gasteiger partial charge in [0.2, 0.25) is 5.24 Å². The summed E-state index contributed by atoms with van der Waals surface area (Å²) >= 11 is 8.52. The van der Waals surface area contributed by atoms with Crippen molar-refractivity contribution in [3.05, 3.63) is 58.8 Å². The fraction of sp³-hybridized carbons (Fsp3) is 0.0714. The van der Waals surface area contributed by atoms with Gasteiger partial charge in [-0.1, -0.05) is 28.1 Å². The van der Waals surface area contributed by atoms with Gasteiger partial charge < -0.3 is 0 Å². The molecule has 0 unspecified atom stereocenters. The maximum absolute atomic E-state index is 13.9. The maximum atomic E-state index is 13.9. The summed E-state index contributed by atoms with van der Waals surface area (Å²) in [5.74, 6) is -0.763. The maximum Gasteiger partial charge on any atom is 0.264 e. The molecule has 0 aliphatic carbocycles. The van der Waals surface area contributed by atoms with Crippen LogP contribution in [0.15, 0.2) is 57.9 Å². The number of anilines is 1. The fourth-order valence-corrected chi connectivity index (χ4v) is 3.68. The molecule has 0 bridgehead atoms. The van der Waals surface area contributed by atoms with Crippen molar-refractivity contribution in [2.24, 2.45) is 0 Å². The van der Waals surface area contributed by atoms with Gasteiger partial charge >= 0.3 is 0 Å². The molecule has 0 radical (unpaired) electrons. The van der Waals surface area contributed by atoms with Crippen LogP contribution in [0.2, 0.25) is 0 Å². The number of halogens is 3. The molecule has 116 valence electrons. The van der Waals surface area contributed by atoms with E-state index in [0.717, 1.165) is 6.07 Å². The van der Waals surface area contributed by atoms with E-state index in [1.165, 1.54) is 42.5 Å². The Labute approximate surface area is 140 Å². The second-order valence-corrected chi connectivity index (χ2v) is 7.47. The van der Waals surface area contributed by atoms with Gasteiger partial charge in [0.25, 0.3) is 10.0 Å². The summed E-state index contributed by atoms with van der Waals surface area (Å²) < 4.78 is 40.6. The van der Waals surface area contributed by atoms with Gasteiger partial charge in [-0.3, -0.25) is 9.10 Å². The van der Waals surface area contributed by atoms with Crippen LogP contribution in [0.3, 0.4) is 0 Å². The summed E-state index contributed by atoms with van der Waals surface area (Å²) in [6.45, 7) is -0.666. The Bertz CT molecular complexity index is 796. The standard InChI is InChI=1S/C14H10BrClFNO3S/c15-10-5-7-11(8-6-10)22(20,21)18(9-14(16)19)13-4-2-1-3-12(13)17/h1-8H,9H2. The van der Waals surface area contributed by atoms with Crippen LogP contribution >= 0.6 is 27.5 Å². The van der Waals surface area contributed by atoms with E-state index in [4.69, 9.17) is 11.6 Å². The molecule has 0 amide bonds. The molecule has 0 fully saturated rings. The Hall–Kier alpha value is -1.44. The van der Waals surface area contributed by atoms with Crippen LogP contribution in [-0.2, 0) is 14.8 Å². The zero-order valence-corrected chi connectivity index (χ0v) is 14.2. The third kappa shape index (κ3) is 3.66. The number of hydrogen-bond donors (Lipinski definition) is 0. The van der Waals surface area contributed by atoms with Crippen molar-refractivity contribution in [1.82, 2.24) is 0 Å². The number of sulfonamides is 1. The van der Waals surface area contributed by atoms with E-state index in [1.54, 1.807) is 0 Å². The minimum atomic E-state index is -4.12. The third-order valence-electron chi connectivity index (χ3n) is 2.79. The largest absolute Gasteiger partial charge is 0.279 e. The Kier molecular flexibility index (Phi) is 5.20. The Morgan fingerprint density at radius 2 is 1.73 bits per heavy atom. The lowest BCUT2D eigenvalue weighted by atomic mass is 10.3. The summed E-state index contributed by atoms with van der Waals surface area (Å²) in [5.41, 5.74) is -0.237. The van der Waals surface area contributed by atoms with Crippen molar-refractivity contribution in [1.29, 1.82) is 0 Å². The van der Waals surface area contributed by atoms with E-state index in [2.05, 4.69) is 15.9 Å². The smallest absolute Gasteiger partial charge is 0.264 e. The topological polar surface area (TPSA) is 54.5 Å². The van der Waals surface area contributed by atoms with Crippen molar-refractivity contribution in [3.63, 3.8) is 0 Å². The highest BCUT2D eigenvalue weighted by Crippen LogP contribution is 2.27. The second kappa shape index (κ2) is 6.76. The van der Waals surface area contributed by atoms with Crippen LogP contribution in [-0.4, -0.2) is 20.2 Å². The van der Waals surface area contributed by atoms with E-state index >= 15 is 0 Å². The first-order valence-corrected chi connectivity index (χ1v) is 8.64.